The van der Waals surface area contributed by atoms with E-state index in [0.717, 1.165) is 39.0 Å². The Morgan fingerprint density at radius 1 is 1.11 bits per heavy atom. The number of fused-ring (bicyclic) bond motifs is 5. The van der Waals surface area contributed by atoms with E-state index in [1.54, 1.807) is 18.9 Å². The summed E-state index contributed by atoms with van der Waals surface area (Å²) in [6, 6.07) is 23.4. The minimum atomic E-state index is -1.17. The quantitative estimate of drug-likeness (QED) is 0.378. The first-order valence-corrected chi connectivity index (χ1v) is 12.3. The maximum atomic E-state index is 14.5. The molecule has 0 saturated heterocycles. The van der Waals surface area contributed by atoms with Crippen LogP contribution in [0.25, 0.3) is 10.9 Å². The molecule has 0 radical (unpaired) electrons. The van der Waals surface area contributed by atoms with Crippen molar-refractivity contribution in [2.45, 2.75) is 30.6 Å². The summed E-state index contributed by atoms with van der Waals surface area (Å²) in [6.45, 7) is 2.03. The highest BCUT2D eigenvalue weighted by Gasteiger charge is 2.65. The van der Waals surface area contributed by atoms with Crippen LogP contribution in [0.15, 0.2) is 72.8 Å². The minimum absolute atomic E-state index is 0.0994. The van der Waals surface area contributed by atoms with Crippen molar-refractivity contribution >= 4 is 40.1 Å². The number of anilines is 1. The molecule has 1 amide bonds. The average Bonchev–Trinajstić information content (AvgIpc) is 3.34. The van der Waals surface area contributed by atoms with Crippen LogP contribution >= 0.6 is 11.6 Å². The Balaban J connectivity index is 1.75. The van der Waals surface area contributed by atoms with Gasteiger partial charge in [-0.3, -0.25) is 9.59 Å². The number of H-pyrrole nitrogens is 1. The van der Waals surface area contributed by atoms with Gasteiger partial charge in [0.05, 0.1) is 6.61 Å². The first-order valence-electron chi connectivity index (χ1n) is 11.9. The van der Waals surface area contributed by atoms with Crippen LogP contribution in [0.2, 0.25) is 5.02 Å². The molecule has 35 heavy (non-hydrogen) atoms. The predicted octanol–water partition coefficient (Wildman–Crippen LogP) is 5.72. The predicted molar refractivity (Wildman–Crippen MR) is 137 cm³/mol. The van der Waals surface area contributed by atoms with Crippen molar-refractivity contribution in [2.24, 2.45) is 0 Å². The largest absolute Gasteiger partial charge is 0.465 e. The van der Waals surface area contributed by atoms with E-state index in [1.165, 1.54) is 0 Å². The summed E-state index contributed by atoms with van der Waals surface area (Å²) < 4.78 is 5.70. The van der Waals surface area contributed by atoms with Crippen LogP contribution in [0.5, 0.6) is 0 Å². The molecule has 6 heteroatoms. The number of hydrogen-bond donors (Lipinski definition) is 1. The summed E-state index contributed by atoms with van der Waals surface area (Å²) in [5, 5.41) is 1.55. The van der Waals surface area contributed by atoms with E-state index >= 15 is 0 Å². The fourth-order valence-electron chi connectivity index (χ4n) is 6.37. The molecule has 1 spiro atoms. The Hall–Kier alpha value is -3.57. The summed E-state index contributed by atoms with van der Waals surface area (Å²) in [7, 11) is 1.79. The lowest BCUT2D eigenvalue weighted by Crippen LogP contribution is -2.53. The molecule has 176 valence electrons. The number of carbonyl (C=O) groups excluding carboxylic acids is 2. The number of carbonyl (C=O) groups is 2. The van der Waals surface area contributed by atoms with E-state index in [4.69, 9.17) is 16.3 Å². The van der Waals surface area contributed by atoms with Gasteiger partial charge in [-0.2, -0.15) is 0 Å². The molecule has 1 aliphatic heterocycles. The van der Waals surface area contributed by atoms with Crippen molar-refractivity contribution in [3.63, 3.8) is 0 Å². The molecule has 0 unspecified atom stereocenters. The van der Waals surface area contributed by atoms with Crippen LogP contribution in [-0.2, 0) is 26.2 Å². The zero-order chi connectivity index (χ0) is 24.3. The number of para-hydroxylation sites is 2. The number of rotatable bonds is 3. The van der Waals surface area contributed by atoms with Crippen molar-refractivity contribution in [3.8, 4) is 0 Å². The maximum absolute atomic E-state index is 14.5. The molecule has 5 nitrogen and oxygen atoms in total. The molecule has 4 aromatic rings. The monoisotopic (exact) mass is 484 g/mol. The molecule has 0 bridgehead atoms. The van der Waals surface area contributed by atoms with Gasteiger partial charge in [-0.1, -0.05) is 60.1 Å². The Bertz CT molecular complexity index is 1490. The molecular weight excluding hydrogens is 460 g/mol. The van der Waals surface area contributed by atoms with Crippen molar-refractivity contribution in [1.82, 2.24) is 4.98 Å². The number of aromatic amines is 1. The molecule has 0 fully saturated rings. The zero-order valence-corrected chi connectivity index (χ0v) is 20.3. The van der Waals surface area contributed by atoms with E-state index in [2.05, 4.69) is 4.98 Å². The van der Waals surface area contributed by atoms with E-state index in [0.29, 0.717) is 11.4 Å². The molecule has 1 N–H and O–H groups in total. The second-order valence-electron chi connectivity index (χ2n) is 9.31. The number of ether oxygens (including phenoxy) is 1. The highest BCUT2D eigenvalue weighted by atomic mass is 35.5. The lowest BCUT2D eigenvalue weighted by molar-refractivity contribution is -0.150. The highest BCUT2D eigenvalue weighted by Crippen LogP contribution is 2.61. The van der Waals surface area contributed by atoms with Crippen LogP contribution in [0.4, 0.5) is 5.69 Å². The third kappa shape index (κ3) is 2.94. The van der Waals surface area contributed by atoms with E-state index in [1.807, 2.05) is 72.8 Å². The summed E-state index contributed by atoms with van der Waals surface area (Å²) in [4.78, 5) is 33.6. The van der Waals surface area contributed by atoms with Crippen LogP contribution in [0.1, 0.15) is 41.1 Å². The number of halogens is 1. The number of likely N-dealkylation sites (N-methyl/N-ethyl adjacent to an activating group) is 1. The van der Waals surface area contributed by atoms with Gasteiger partial charge in [-0.15, -0.1) is 0 Å². The Morgan fingerprint density at radius 3 is 2.69 bits per heavy atom. The summed E-state index contributed by atoms with van der Waals surface area (Å²) >= 11 is 6.44. The van der Waals surface area contributed by atoms with Crippen molar-refractivity contribution in [1.29, 1.82) is 0 Å². The van der Waals surface area contributed by atoms with Gasteiger partial charge >= 0.3 is 5.97 Å². The standard InChI is InChI=1S/C29H25ClN2O3/c1-3-35-27(33)26-25-19-11-4-6-13-22(19)31-23(25)16-21(17-9-8-10-18(30)15-17)29(26)20-12-5-7-14-24(20)32(2)28(29)34/h4-15,21,26,31H,3,16H2,1-2H3/t21-,26-,29+/m0/s1. The summed E-state index contributed by atoms with van der Waals surface area (Å²) in [5.74, 6) is -1.62. The van der Waals surface area contributed by atoms with Crippen molar-refractivity contribution in [2.75, 3.05) is 18.6 Å². The average molecular weight is 485 g/mol. The lowest BCUT2D eigenvalue weighted by Gasteiger charge is -2.45. The van der Waals surface area contributed by atoms with Gasteiger partial charge in [0, 0.05) is 40.3 Å². The van der Waals surface area contributed by atoms with Gasteiger partial charge in [0.15, 0.2) is 0 Å². The molecule has 3 atom stereocenters. The first-order chi connectivity index (χ1) is 17.0. The van der Waals surface area contributed by atoms with E-state index in [9.17, 15) is 9.59 Å². The first kappa shape index (κ1) is 21.9. The lowest BCUT2D eigenvalue weighted by atomic mass is 9.54. The molecular formula is C29H25ClN2O3. The van der Waals surface area contributed by atoms with Crippen molar-refractivity contribution < 1.29 is 14.3 Å². The molecule has 6 rings (SSSR count). The topological polar surface area (TPSA) is 62.4 Å². The summed E-state index contributed by atoms with van der Waals surface area (Å²) in [5.41, 5.74) is 4.19. The second kappa shape index (κ2) is 7.99. The minimum Gasteiger partial charge on any atom is -0.465 e. The number of hydrogen-bond acceptors (Lipinski definition) is 3. The second-order valence-corrected chi connectivity index (χ2v) is 9.75. The molecule has 1 aromatic heterocycles. The van der Waals surface area contributed by atoms with Crippen LogP contribution in [0, 0.1) is 0 Å². The smallest absolute Gasteiger partial charge is 0.314 e. The fraction of sp³-hybridized carbons (Fsp3) is 0.241. The molecule has 0 saturated carbocycles. The number of benzene rings is 3. The number of esters is 1. The van der Waals surface area contributed by atoms with Gasteiger partial charge in [-0.25, -0.2) is 0 Å². The Morgan fingerprint density at radius 2 is 1.89 bits per heavy atom. The SMILES string of the molecule is CCOC(=O)[C@@H]1c2c([nH]c3ccccc23)C[C@@H](c2cccc(Cl)c2)[C@@]12C(=O)N(C)c1ccccc12. The van der Waals surface area contributed by atoms with Gasteiger partial charge in [0.2, 0.25) is 5.91 Å². The number of nitrogens with one attached hydrogen (secondary N) is 1. The van der Waals surface area contributed by atoms with Crippen LogP contribution < -0.4 is 4.90 Å². The fourth-order valence-corrected chi connectivity index (χ4v) is 6.57. The molecule has 2 heterocycles. The number of nitrogens with zero attached hydrogens (tertiary/aromatic N) is 1. The third-order valence-corrected chi connectivity index (χ3v) is 7.91. The van der Waals surface area contributed by atoms with E-state index < -0.39 is 11.3 Å². The van der Waals surface area contributed by atoms with Crippen LogP contribution in [0.3, 0.4) is 0 Å². The normalized spacial score (nSPS) is 22.9. The summed E-state index contributed by atoms with van der Waals surface area (Å²) in [6.07, 6.45) is 0.564. The highest BCUT2D eigenvalue weighted by molar-refractivity contribution is 6.30. The number of amides is 1. The third-order valence-electron chi connectivity index (χ3n) is 7.67. The van der Waals surface area contributed by atoms with Gasteiger partial charge in [0.1, 0.15) is 11.3 Å². The van der Waals surface area contributed by atoms with Crippen molar-refractivity contribution in [3.05, 3.63) is 100 Å². The van der Waals surface area contributed by atoms with E-state index in [-0.39, 0.29) is 24.4 Å². The maximum Gasteiger partial charge on any atom is 0.314 e. The van der Waals surface area contributed by atoms with Gasteiger partial charge in [0.25, 0.3) is 0 Å². The molecule has 1 aliphatic carbocycles. The Labute approximate surface area is 208 Å². The van der Waals surface area contributed by atoms with Crippen LogP contribution in [-0.4, -0.2) is 30.5 Å². The number of aromatic nitrogens is 1. The molecule has 3 aromatic carbocycles. The Kier molecular flexibility index (Phi) is 5.01. The zero-order valence-electron chi connectivity index (χ0n) is 19.5. The molecule has 2 aliphatic rings. The van der Waals surface area contributed by atoms with Gasteiger partial charge < -0.3 is 14.6 Å². The van der Waals surface area contributed by atoms with Gasteiger partial charge in [-0.05, 0) is 54.3 Å².